The highest BCUT2D eigenvalue weighted by Crippen LogP contribution is 2.26. The van der Waals surface area contributed by atoms with Gasteiger partial charge in [-0.25, -0.2) is 4.98 Å². The molecule has 1 aromatic heterocycles. The molecular weight excluding hydrogens is 268 g/mol. The number of aromatic amines is 1. The summed E-state index contributed by atoms with van der Waals surface area (Å²) in [6, 6.07) is 4.39. The van der Waals surface area contributed by atoms with Crippen molar-refractivity contribution in [2.24, 2.45) is 0 Å². The third kappa shape index (κ3) is 3.69. The zero-order chi connectivity index (χ0) is 13.7. The van der Waals surface area contributed by atoms with Crippen LogP contribution in [0.1, 0.15) is 12.2 Å². The standard InChI is InChI=1S/C12H13ClN4O2/c13-10-8-9(17(18)19)3-4-11(10)14-5-1-2-12-15-6-7-16-12/h3-4,6-8,14H,1-2,5H2,(H,15,16). The van der Waals surface area contributed by atoms with E-state index < -0.39 is 4.92 Å². The Balaban J connectivity index is 1.84. The maximum absolute atomic E-state index is 10.6. The van der Waals surface area contributed by atoms with Crippen LogP contribution in [0, 0.1) is 10.1 Å². The number of halogens is 1. The number of nitrogens with zero attached hydrogens (tertiary/aromatic N) is 2. The van der Waals surface area contributed by atoms with E-state index in [0.717, 1.165) is 25.2 Å². The topological polar surface area (TPSA) is 83.8 Å². The number of hydrogen-bond donors (Lipinski definition) is 2. The van der Waals surface area contributed by atoms with Gasteiger partial charge in [-0.05, 0) is 12.5 Å². The van der Waals surface area contributed by atoms with Gasteiger partial charge in [-0.3, -0.25) is 10.1 Å². The molecule has 0 spiro atoms. The van der Waals surface area contributed by atoms with Crippen molar-refractivity contribution in [3.63, 3.8) is 0 Å². The van der Waals surface area contributed by atoms with Crippen molar-refractivity contribution in [2.45, 2.75) is 12.8 Å². The van der Waals surface area contributed by atoms with Crippen LogP contribution in [0.2, 0.25) is 5.02 Å². The zero-order valence-corrected chi connectivity index (χ0v) is 10.9. The van der Waals surface area contributed by atoms with Crippen molar-refractivity contribution in [1.29, 1.82) is 0 Å². The minimum atomic E-state index is -0.466. The Kier molecular flexibility index (Phi) is 4.35. The highest BCUT2D eigenvalue weighted by atomic mass is 35.5. The van der Waals surface area contributed by atoms with E-state index in [1.165, 1.54) is 12.1 Å². The van der Waals surface area contributed by atoms with Gasteiger partial charge >= 0.3 is 0 Å². The van der Waals surface area contributed by atoms with Crippen LogP contribution in [0.5, 0.6) is 0 Å². The normalized spacial score (nSPS) is 10.4. The second kappa shape index (κ2) is 6.19. The van der Waals surface area contributed by atoms with Gasteiger partial charge in [0.25, 0.3) is 5.69 Å². The van der Waals surface area contributed by atoms with Gasteiger partial charge in [-0.1, -0.05) is 11.6 Å². The first-order chi connectivity index (χ1) is 9.16. The molecule has 0 unspecified atom stereocenters. The number of aryl methyl sites for hydroxylation is 1. The maximum atomic E-state index is 10.6. The van der Waals surface area contributed by atoms with Gasteiger partial charge in [0.1, 0.15) is 5.82 Å². The molecule has 0 atom stereocenters. The molecule has 1 aromatic carbocycles. The number of non-ortho nitro benzene ring substituents is 1. The fourth-order valence-electron chi connectivity index (χ4n) is 1.67. The summed E-state index contributed by atoms with van der Waals surface area (Å²) in [5.74, 6) is 0.941. The summed E-state index contributed by atoms with van der Waals surface area (Å²) in [5, 5.41) is 14.1. The molecule has 0 aliphatic rings. The first-order valence-electron chi connectivity index (χ1n) is 5.83. The molecule has 0 saturated carbocycles. The number of aromatic nitrogens is 2. The van der Waals surface area contributed by atoms with Crippen LogP contribution in [0.15, 0.2) is 30.6 Å². The SMILES string of the molecule is O=[N+]([O-])c1ccc(NCCCc2ncc[nH]2)c(Cl)c1. The van der Waals surface area contributed by atoms with E-state index in [1.807, 2.05) is 0 Å². The van der Waals surface area contributed by atoms with Crippen LogP contribution < -0.4 is 5.32 Å². The van der Waals surface area contributed by atoms with E-state index in [1.54, 1.807) is 18.5 Å². The zero-order valence-electron chi connectivity index (χ0n) is 10.1. The van der Waals surface area contributed by atoms with Crippen molar-refractivity contribution in [2.75, 3.05) is 11.9 Å². The number of hydrogen-bond acceptors (Lipinski definition) is 4. The summed E-state index contributed by atoms with van der Waals surface area (Å²) >= 11 is 5.97. The number of nitro benzene ring substituents is 1. The number of nitrogens with one attached hydrogen (secondary N) is 2. The Morgan fingerprint density at radius 3 is 2.95 bits per heavy atom. The van der Waals surface area contributed by atoms with Crippen molar-refractivity contribution >= 4 is 23.0 Å². The van der Waals surface area contributed by atoms with Gasteiger partial charge in [0, 0.05) is 37.5 Å². The molecule has 7 heteroatoms. The predicted octanol–water partition coefficient (Wildman–Crippen LogP) is 3.02. The molecule has 0 aliphatic carbocycles. The number of benzene rings is 1. The maximum Gasteiger partial charge on any atom is 0.271 e. The minimum Gasteiger partial charge on any atom is -0.384 e. The first kappa shape index (κ1) is 13.4. The van der Waals surface area contributed by atoms with Crippen molar-refractivity contribution in [3.8, 4) is 0 Å². The second-order valence-electron chi connectivity index (χ2n) is 3.99. The average Bonchev–Trinajstić information content (AvgIpc) is 2.89. The third-order valence-electron chi connectivity index (χ3n) is 2.62. The third-order valence-corrected chi connectivity index (χ3v) is 2.94. The van der Waals surface area contributed by atoms with Crippen LogP contribution in [0.3, 0.4) is 0 Å². The quantitative estimate of drug-likeness (QED) is 0.484. The van der Waals surface area contributed by atoms with Crippen LogP contribution >= 0.6 is 11.6 Å². The van der Waals surface area contributed by atoms with Gasteiger partial charge in [0.05, 0.1) is 15.6 Å². The predicted molar refractivity (Wildman–Crippen MR) is 73.5 cm³/mol. The molecule has 19 heavy (non-hydrogen) atoms. The van der Waals surface area contributed by atoms with E-state index in [9.17, 15) is 10.1 Å². The van der Waals surface area contributed by atoms with Crippen LogP contribution in [-0.4, -0.2) is 21.4 Å². The molecule has 0 aliphatic heterocycles. The minimum absolute atomic E-state index is 0.00821. The monoisotopic (exact) mass is 280 g/mol. The molecule has 0 fully saturated rings. The molecule has 0 radical (unpaired) electrons. The van der Waals surface area contributed by atoms with Crippen LogP contribution in [0.4, 0.5) is 11.4 Å². The number of rotatable bonds is 6. The number of imidazole rings is 1. The van der Waals surface area contributed by atoms with Crippen molar-refractivity contribution < 1.29 is 4.92 Å². The van der Waals surface area contributed by atoms with Gasteiger partial charge in [-0.2, -0.15) is 0 Å². The summed E-state index contributed by atoms with van der Waals surface area (Å²) in [7, 11) is 0. The largest absolute Gasteiger partial charge is 0.384 e. The molecule has 100 valence electrons. The van der Waals surface area contributed by atoms with E-state index >= 15 is 0 Å². The molecule has 0 bridgehead atoms. The second-order valence-corrected chi connectivity index (χ2v) is 4.39. The Hall–Kier alpha value is -2.08. The van der Waals surface area contributed by atoms with Gasteiger partial charge in [0.2, 0.25) is 0 Å². The first-order valence-corrected chi connectivity index (χ1v) is 6.20. The summed E-state index contributed by atoms with van der Waals surface area (Å²) in [5.41, 5.74) is 0.692. The Morgan fingerprint density at radius 1 is 1.47 bits per heavy atom. The molecule has 0 saturated heterocycles. The fourth-order valence-corrected chi connectivity index (χ4v) is 1.92. The summed E-state index contributed by atoms with van der Waals surface area (Å²) in [6.07, 6.45) is 5.23. The van der Waals surface area contributed by atoms with E-state index in [-0.39, 0.29) is 5.69 Å². The number of anilines is 1. The molecule has 2 rings (SSSR count). The number of H-pyrrole nitrogens is 1. The summed E-state index contributed by atoms with van der Waals surface area (Å²) < 4.78 is 0. The van der Waals surface area contributed by atoms with E-state index in [2.05, 4.69) is 15.3 Å². The lowest BCUT2D eigenvalue weighted by molar-refractivity contribution is -0.384. The Morgan fingerprint density at radius 2 is 2.32 bits per heavy atom. The molecule has 6 nitrogen and oxygen atoms in total. The van der Waals surface area contributed by atoms with E-state index in [0.29, 0.717) is 10.7 Å². The average molecular weight is 281 g/mol. The smallest absolute Gasteiger partial charge is 0.271 e. The lowest BCUT2D eigenvalue weighted by atomic mass is 10.2. The Labute approximate surface area is 115 Å². The van der Waals surface area contributed by atoms with Gasteiger partial charge in [-0.15, -0.1) is 0 Å². The highest BCUT2D eigenvalue weighted by molar-refractivity contribution is 6.33. The lowest BCUT2D eigenvalue weighted by Gasteiger charge is -2.07. The summed E-state index contributed by atoms with van der Waals surface area (Å²) in [6.45, 7) is 0.720. The molecule has 2 N–H and O–H groups in total. The van der Waals surface area contributed by atoms with Gasteiger partial charge in [0.15, 0.2) is 0 Å². The molecular formula is C12H13ClN4O2. The Bertz CT molecular complexity index is 557. The van der Waals surface area contributed by atoms with Crippen molar-refractivity contribution in [1.82, 2.24) is 9.97 Å². The molecule has 0 amide bonds. The molecule has 1 heterocycles. The van der Waals surface area contributed by atoms with Crippen LogP contribution in [0.25, 0.3) is 0 Å². The molecule has 2 aromatic rings. The van der Waals surface area contributed by atoms with Crippen LogP contribution in [-0.2, 0) is 6.42 Å². The lowest BCUT2D eigenvalue weighted by Crippen LogP contribution is -2.04. The van der Waals surface area contributed by atoms with Gasteiger partial charge < -0.3 is 10.3 Å². The summed E-state index contributed by atoms with van der Waals surface area (Å²) in [4.78, 5) is 17.3. The number of nitro groups is 1. The highest BCUT2D eigenvalue weighted by Gasteiger charge is 2.08. The fraction of sp³-hybridized carbons (Fsp3) is 0.250. The van der Waals surface area contributed by atoms with Crippen molar-refractivity contribution in [3.05, 3.63) is 51.6 Å². The van der Waals surface area contributed by atoms with E-state index in [4.69, 9.17) is 11.6 Å².